The molecule has 0 rings (SSSR count). The van der Waals surface area contributed by atoms with E-state index in [2.05, 4.69) is 31.3 Å². The minimum atomic E-state index is -0.662. The van der Waals surface area contributed by atoms with Crippen molar-refractivity contribution < 1.29 is 24.5 Å². The third-order valence-corrected chi connectivity index (χ3v) is 16.3. The highest BCUT2D eigenvalue weighted by Gasteiger charge is 2.20. The molecule has 0 aromatic carbocycles. The first-order valence-corrected chi connectivity index (χ1v) is 34.4. The molecule has 0 aliphatic carbocycles. The van der Waals surface area contributed by atoms with Gasteiger partial charge in [0.25, 0.3) is 0 Å². The SMILES string of the molecule is CCCCCCCC/C=C\CCCCCCCCCCCC(=O)OCCCCCCCCCCCCCCCCCCCCCCCCCCCC(=O)NC(CO)C(O)CCCCCCCCCCCCCCCC. The second-order valence-electron chi connectivity index (χ2n) is 23.9. The zero-order chi connectivity index (χ0) is 54.3. The number of nitrogens with one attached hydrogen (secondary N) is 1. The molecule has 0 radical (unpaired) electrons. The Morgan fingerprint density at radius 3 is 0.947 bits per heavy atom. The fraction of sp³-hybridized carbons (Fsp3) is 0.942. The molecule has 0 spiro atoms. The van der Waals surface area contributed by atoms with E-state index in [-0.39, 0.29) is 18.5 Å². The molecule has 0 fully saturated rings. The highest BCUT2D eigenvalue weighted by atomic mass is 16.5. The Balaban J connectivity index is 3.33. The number of unbranched alkanes of at least 4 members (excludes halogenated alkanes) is 52. The van der Waals surface area contributed by atoms with E-state index in [4.69, 9.17) is 4.74 Å². The molecule has 1 amide bonds. The van der Waals surface area contributed by atoms with Crippen LogP contribution in [0.25, 0.3) is 0 Å². The molecule has 0 aromatic rings. The minimum absolute atomic E-state index is 0.0170. The Morgan fingerprint density at radius 2 is 0.627 bits per heavy atom. The van der Waals surface area contributed by atoms with Gasteiger partial charge < -0.3 is 20.3 Å². The largest absolute Gasteiger partial charge is 0.466 e. The lowest BCUT2D eigenvalue weighted by atomic mass is 10.0. The number of rotatable bonds is 65. The van der Waals surface area contributed by atoms with Crippen molar-refractivity contribution in [2.75, 3.05) is 13.2 Å². The van der Waals surface area contributed by atoms with Gasteiger partial charge in [-0.25, -0.2) is 0 Å². The highest BCUT2D eigenvalue weighted by molar-refractivity contribution is 5.76. The van der Waals surface area contributed by atoms with Crippen LogP contribution in [-0.2, 0) is 14.3 Å². The van der Waals surface area contributed by atoms with Crippen LogP contribution in [0.2, 0.25) is 0 Å². The fourth-order valence-corrected chi connectivity index (χ4v) is 11.1. The van der Waals surface area contributed by atoms with Crippen molar-refractivity contribution in [2.24, 2.45) is 0 Å². The van der Waals surface area contributed by atoms with Crippen molar-refractivity contribution in [3.8, 4) is 0 Å². The van der Waals surface area contributed by atoms with E-state index in [0.717, 1.165) is 38.5 Å². The molecule has 446 valence electrons. The minimum Gasteiger partial charge on any atom is -0.466 e. The van der Waals surface area contributed by atoms with Crippen molar-refractivity contribution in [3.63, 3.8) is 0 Å². The molecule has 3 N–H and O–H groups in total. The van der Waals surface area contributed by atoms with Crippen molar-refractivity contribution >= 4 is 11.9 Å². The van der Waals surface area contributed by atoms with Gasteiger partial charge in [-0.15, -0.1) is 0 Å². The fourth-order valence-electron chi connectivity index (χ4n) is 11.1. The summed E-state index contributed by atoms with van der Waals surface area (Å²) in [5, 5.41) is 23.3. The summed E-state index contributed by atoms with van der Waals surface area (Å²) in [6, 6.07) is -0.539. The van der Waals surface area contributed by atoms with Crippen LogP contribution in [0.4, 0.5) is 0 Å². The Labute approximate surface area is 469 Å². The molecule has 0 bridgehead atoms. The average molecular weight is 1060 g/mol. The second-order valence-corrected chi connectivity index (χ2v) is 23.9. The Hall–Kier alpha value is -1.40. The first-order valence-electron chi connectivity index (χ1n) is 34.4. The van der Waals surface area contributed by atoms with Crippen LogP contribution in [0.1, 0.15) is 393 Å². The van der Waals surface area contributed by atoms with Gasteiger partial charge in [0.1, 0.15) is 0 Å². The number of allylic oxidation sites excluding steroid dienone is 2. The van der Waals surface area contributed by atoms with Gasteiger partial charge in [-0.3, -0.25) is 9.59 Å². The summed E-state index contributed by atoms with van der Waals surface area (Å²) >= 11 is 0. The number of amides is 1. The summed E-state index contributed by atoms with van der Waals surface area (Å²) in [4.78, 5) is 24.6. The number of hydrogen-bond acceptors (Lipinski definition) is 5. The molecule has 0 saturated heterocycles. The molecule has 0 saturated carbocycles. The Morgan fingerprint density at radius 1 is 0.360 bits per heavy atom. The van der Waals surface area contributed by atoms with Gasteiger partial charge in [0.05, 0.1) is 25.4 Å². The van der Waals surface area contributed by atoms with Crippen molar-refractivity contribution in [2.45, 2.75) is 405 Å². The normalized spacial score (nSPS) is 12.5. The predicted molar refractivity (Wildman–Crippen MR) is 329 cm³/mol. The van der Waals surface area contributed by atoms with E-state index in [9.17, 15) is 19.8 Å². The molecule has 0 aromatic heterocycles. The molecule has 0 aliphatic heterocycles. The van der Waals surface area contributed by atoms with Gasteiger partial charge in [0, 0.05) is 12.8 Å². The van der Waals surface area contributed by atoms with Crippen molar-refractivity contribution in [1.82, 2.24) is 5.32 Å². The summed E-state index contributed by atoms with van der Waals surface area (Å²) in [5.74, 6) is -0.0135. The zero-order valence-corrected chi connectivity index (χ0v) is 51.1. The van der Waals surface area contributed by atoms with Crippen LogP contribution >= 0.6 is 0 Å². The summed E-state index contributed by atoms with van der Waals surface area (Å²) < 4.78 is 5.51. The van der Waals surface area contributed by atoms with Crippen LogP contribution in [-0.4, -0.2) is 47.4 Å². The quantitative estimate of drug-likeness (QED) is 0.0320. The Bertz CT molecular complexity index is 1130. The molecule has 6 heteroatoms. The van der Waals surface area contributed by atoms with E-state index >= 15 is 0 Å². The number of carbonyl (C=O) groups is 2. The number of carbonyl (C=O) groups excluding carboxylic acids is 2. The molecule has 2 unspecified atom stereocenters. The second kappa shape index (κ2) is 65.1. The van der Waals surface area contributed by atoms with Crippen molar-refractivity contribution in [1.29, 1.82) is 0 Å². The van der Waals surface area contributed by atoms with Crippen molar-refractivity contribution in [3.05, 3.63) is 12.2 Å². The third kappa shape index (κ3) is 61.7. The number of ether oxygens (including phenoxy) is 1. The number of esters is 1. The van der Waals surface area contributed by atoms with E-state index in [1.807, 2.05) is 0 Å². The highest BCUT2D eigenvalue weighted by Crippen LogP contribution is 2.19. The monoisotopic (exact) mass is 1060 g/mol. The van der Waals surface area contributed by atoms with Gasteiger partial charge >= 0.3 is 5.97 Å². The number of aliphatic hydroxyl groups excluding tert-OH is 2. The lowest BCUT2D eigenvalue weighted by Gasteiger charge is -2.22. The molecular formula is C69H135NO5. The topological polar surface area (TPSA) is 95.9 Å². The van der Waals surface area contributed by atoms with Gasteiger partial charge in [0.2, 0.25) is 5.91 Å². The zero-order valence-electron chi connectivity index (χ0n) is 51.1. The lowest BCUT2D eigenvalue weighted by Crippen LogP contribution is -2.45. The lowest BCUT2D eigenvalue weighted by molar-refractivity contribution is -0.143. The number of aliphatic hydroxyl groups is 2. The summed E-state index contributed by atoms with van der Waals surface area (Å²) in [6.07, 6.45) is 79.6. The van der Waals surface area contributed by atoms with E-state index < -0.39 is 12.1 Å². The molecule has 6 nitrogen and oxygen atoms in total. The van der Waals surface area contributed by atoms with Crippen LogP contribution in [0, 0.1) is 0 Å². The van der Waals surface area contributed by atoms with Gasteiger partial charge in [-0.2, -0.15) is 0 Å². The first kappa shape index (κ1) is 73.6. The van der Waals surface area contributed by atoms with E-state index in [1.165, 1.54) is 321 Å². The standard InChI is InChI=1S/C69H135NO5/c1-3-5-7-9-11-13-15-17-19-20-28-32-35-39-43-47-51-55-59-63-69(74)75-64-60-56-52-48-44-40-36-33-30-27-25-23-21-22-24-26-29-31-34-38-42-46-50-54-58-62-68(73)70-66(65-71)67(72)61-57-53-49-45-41-37-18-16-14-12-10-8-6-4-2/h17,19,66-67,71-72H,3-16,18,20-65H2,1-2H3,(H,70,73)/b19-17-. The van der Waals surface area contributed by atoms with Crippen LogP contribution in [0.15, 0.2) is 12.2 Å². The van der Waals surface area contributed by atoms with Gasteiger partial charge in [-0.1, -0.05) is 341 Å². The summed E-state index contributed by atoms with van der Waals surface area (Å²) in [5.41, 5.74) is 0. The predicted octanol–water partition coefficient (Wildman–Crippen LogP) is 22.0. The maximum Gasteiger partial charge on any atom is 0.305 e. The van der Waals surface area contributed by atoms with Gasteiger partial charge in [0.15, 0.2) is 0 Å². The molecular weight excluding hydrogens is 923 g/mol. The maximum absolute atomic E-state index is 12.5. The van der Waals surface area contributed by atoms with E-state index in [1.54, 1.807) is 0 Å². The molecule has 0 aliphatic rings. The average Bonchev–Trinajstić information content (AvgIpc) is 3.41. The third-order valence-electron chi connectivity index (χ3n) is 16.3. The molecule has 75 heavy (non-hydrogen) atoms. The van der Waals surface area contributed by atoms with Crippen LogP contribution in [0.5, 0.6) is 0 Å². The maximum atomic E-state index is 12.5. The molecule has 2 atom stereocenters. The molecule has 0 heterocycles. The summed E-state index contributed by atoms with van der Waals surface area (Å²) in [7, 11) is 0. The van der Waals surface area contributed by atoms with E-state index in [0.29, 0.717) is 25.9 Å². The van der Waals surface area contributed by atoms with Gasteiger partial charge in [-0.05, 0) is 51.4 Å². The first-order chi connectivity index (χ1) is 37.0. The number of hydrogen-bond donors (Lipinski definition) is 3. The van der Waals surface area contributed by atoms with Crippen LogP contribution < -0.4 is 5.32 Å². The van der Waals surface area contributed by atoms with Crippen LogP contribution in [0.3, 0.4) is 0 Å². The Kier molecular flexibility index (Phi) is 63.9. The smallest absolute Gasteiger partial charge is 0.305 e. The summed E-state index contributed by atoms with van der Waals surface area (Å²) in [6.45, 7) is 4.98.